The Morgan fingerprint density at radius 2 is 1.38 bits per heavy atom. The molecule has 0 aromatic rings. The molecule has 8 nitrogen and oxygen atoms in total. The lowest BCUT2D eigenvalue weighted by Crippen LogP contribution is -2.36. The van der Waals surface area contributed by atoms with E-state index in [4.69, 9.17) is 24.7 Å². The highest BCUT2D eigenvalue weighted by Gasteiger charge is 2.09. The Balaban J connectivity index is 2.25. The number of carbonyl (C=O) groups is 1. The van der Waals surface area contributed by atoms with Crippen molar-refractivity contribution in [2.45, 2.75) is 12.8 Å². The van der Waals surface area contributed by atoms with Gasteiger partial charge in [-0.15, -0.1) is 0 Å². The molecule has 1 aliphatic heterocycles. The highest BCUT2D eigenvalue weighted by atomic mass is 16.6. The highest BCUT2D eigenvalue weighted by Crippen LogP contribution is 1.95. The van der Waals surface area contributed by atoms with Gasteiger partial charge in [-0.3, -0.25) is 9.69 Å². The summed E-state index contributed by atoms with van der Waals surface area (Å²) in [6, 6.07) is 0. The molecule has 1 fully saturated rings. The van der Waals surface area contributed by atoms with Crippen LogP contribution in [0.1, 0.15) is 12.8 Å². The van der Waals surface area contributed by atoms with Gasteiger partial charge in [-0.2, -0.15) is 0 Å². The third kappa shape index (κ3) is 12.6. The van der Waals surface area contributed by atoms with Crippen LogP contribution in [-0.4, -0.2) is 96.4 Å². The van der Waals surface area contributed by atoms with E-state index in [0.29, 0.717) is 78.9 Å². The Morgan fingerprint density at radius 1 is 0.875 bits per heavy atom. The van der Waals surface area contributed by atoms with Crippen molar-refractivity contribution in [1.29, 1.82) is 0 Å². The smallest absolute Gasteiger partial charge is 0.221 e. The molecular formula is C16H33N3O5. The molecule has 0 aromatic carbocycles. The molecule has 0 aliphatic carbocycles. The van der Waals surface area contributed by atoms with Crippen LogP contribution in [0, 0.1) is 0 Å². The molecule has 1 saturated heterocycles. The van der Waals surface area contributed by atoms with Crippen molar-refractivity contribution in [1.82, 2.24) is 10.2 Å². The monoisotopic (exact) mass is 347 g/mol. The molecule has 0 radical (unpaired) electrons. The first kappa shape index (κ1) is 21.3. The molecule has 8 heteroatoms. The first-order chi connectivity index (χ1) is 11.8. The van der Waals surface area contributed by atoms with Crippen LogP contribution in [0.25, 0.3) is 0 Å². The van der Waals surface area contributed by atoms with E-state index in [0.717, 1.165) is 19.5 Å². The molecule has 0 atom stereocenters. The molecule has 0 bridgehead atoms. The molecule has 1 rings (SSSR count). The maximum Gasteiger partial charge on any atom is 0.221 e. The number of nitrogens with one attached hydrogen (secondary N) is 1. The molecule has 0 aromatic heterocycles. The minimum Gasteiger partial charge on any atom is -0.378 e. The molecular weight excluding hydrogens is 314 g/mol. The second-order valence-corrected chi connectivity index (χ2v) is 5.53. The largest absolute Gasteiger partial charge is 0.378 e. The fourth-order valence-electron chi connectivity index (χ4n) is 2.16. The van der Waals surface area contributed by atoms with Gasteiger partial charge in [0.05, 0.1) is 52.9 Å². The summed E-state index contributed by atoms with van der Waals surface area (Å²) in [6.45, 7) is 8.16. The fraction of sp³-hybridized carbons (Fsp3) is 0.938. The van der Waals surface area contributed by atoms with E-state index >= 15 is 0 Å². The van der Waals surface area contributed by atoms with Crippen molar-refractivity contribution in [3.8, 4) is 0 Å². The van der Waals surface area contributed by atoms with Gasteiger partial charge in [0.2, 0.25) is 5.91 Å². The van der Waals surface area contributed by atoms with Crippen LogP contribution in [0.5, 0.6) is 0 Å². The lowest BCUT2D eigenvalue weighted by Gasteiger charge is -2.22. The third-order valence-electron chi connectivity index (χ3n) is 3.58. The van der Waals surface area contributed by atoms with Gasteiger partial charge in [-0.1, -0.05) is 0 Å². The van der Waals surface area contributed by atoms with Gasteiger partial charge in [0, 0.05) is 32.6 Å². The predicted molar refractivity (Wildman–Crippen MR) is 91.0 cm³/mol. The minimum atomic E-state index is 0.0583. The number of nitrogens with zero attached hydrogens (tertiary/aromatic N) is 1. The van der Waals surface area contributed by atoms with Gasteiger partial charge in [-0.25, -0.2) is 0 Å². The summed E-state index contributed by atoms with van der Waals surface area (Å²) in [5, 5.41) is 2.87. The zero-order valence-electron chi connectivity index (χ0n) is 14.7. The topological polar surface area (TPSA) is 95.3 Å². The van der Waals surface area contributed by atoms with Crippen molar-refractivity contribution in [2.24, 2.45) is 5.73 Å². The molecule has 142 valence electrons. The van der Waals surface area contributed by atoms with E-state index < -0.39 is 0 Å². The van der Waals surface area contributed by atoms with E-state index in [2.05, 4.69) is 10.2 Å². The van der Waals surface area contributed by atoms with E-state index in [9.17, 15) is 4.79 Å². The minimum absolute atomic E-state index is 0.0583. The number of amides is 1. The van der Waals surface area contributed by atoms with Gasteiger partial charge in [0.15, 0.2) is 0 Å². The normalized spacial score (nSPS) is 20.0. The molecule has 1 amide bonds. The number of nitrogens with two attached hydrogens (primary N) is 1. The second kappa shape index (κ2) is 15.7. The van der Waals surface area contributed by atoms with Crippen LogP contribution in [-0.2, 0) is 23.7 Å². The Kier molecular flexibility index (Phi) is 14.0. The molecule has 1 aliphatic rings. The Morgan fingerprint density at radius 3 is 1.88 bits per heavy atom. The standard InChI is InChI=1S/C16H33N3O5/c17-3-1-4-18-16(20)2-5-19-6-8-21-10-12-23-14-15-24-13-11-22-9-7-19/h1-15,17H2,(H,18,20). The predicted octanol–water partition coefficient (Wildman–Crippen LogP) is -0.776. The van der Waals surface area contributed by atoms with E-state index in [-0.39, 0.29) is 5.91 Å². The molecule has 24 heavy (non-hydrogen) atoms. The molecule has 0 spiro atoms. The lowest BCUT2D eigenvalue weighted by molar-refractivity contribution is -0.121. The van der Waals surface area contributed by atoms with Gasteiger partial charge >= 0.3 is 0 Å². The first-order valence-corrected chi connectivity index (χ1v) is 8.83. The molecule has 1 heterocycles. The van der Waals surface area contributed by atoms with Crippen LogP contribution < -0.4 is 11.1 Å². The average molecular weight is 347 g/mol. The quantitative estimate of drug-likeness (QED) is 0.609. The number of ether oxygens (including phenoxy) is 4. The van der Waals surface area contributed by atoms with Crippen molar-refractivity contribution in [2.75, 3.05) is 85.6 Å². The van der Waals surface area contributed by atoms with Crippen molar-refractivity contribution >= 4 is 5.91 Å². The zero-order valence-corrected chi connectivity index (χ0v) is 14.7. The van der Waals surface area contributed by atoms with Crippen LogP contribution in [0.15, 0.2) is 0 Å². The first-order valence-electron chi connectivity index (χ1n) is 8.83. The summed E-state index contributed by atoms with van der Waals surface area (Å²) in [7, 11) is 0. The SMILES string of the molecule is NCCCNC(=O)CCN1CCOCCOCCOCCOCC1. The Hall–Kier alpha value is -0.770. The van der Waals surface area contributed by atoms with Crippen LogP contribution in [0.2, 0.25) is 0 Å². The summed E-state index contributed by atoms with van der Waals surface area (Å²) in [5.41, 5.74) is 5.41. The van der Waals surface area contributed by atoms with Crippen molar-refractivity contribution in [3.05, 3.63) is 0 Å². The fourth-order valence-corrected chi connectivity index (χ4v) is 2.16. The van der Waals surface area contributed by atoms with Gasteiger partial charge < -0.3 is 30.0 Å². The maximum atomic E-state index is 11.8. The molecule has 3 N–H and O–H groups in total. The Labute approximate surface area is 144 Å². The van der Waals surface area contributed by atoms with E-state index in [1.165, 1.54) is 0 Å². The number of hydrogen-bond donors (Lipinski definition) is 2. The Bertz CT molecular complexity index is 291. The maximum absolute atomic E-state index is 11.8. The second-order valence-electron chi connectivity index (χ2n) is 5.53. The van der Waals surface area contributed by atoms with E-state index in [1.807, 2.05) is 0 Å². The zero-order chi connectivity index (χ0) is 17.3. The molecule has 0 saturated carbocycles. The number of carbonyl (C=O) groups excluding carboxylic acids is 1. The average Bonchev–Trinajstić information content (AvgIpc) is 2.59. The van der Waals surface area contributed by atoms with E-state index in [1.54, 1.807) is 0 Å². The summed E-state index contributed by atoms with van der Waals surface area (Å²) >= 11 is 0. The van der Waals surface area contributed by atoms with Crippen LogP contribution in [0.3, 0.4) is 0 Å². The number of hydrogen-bond acceptors (Lipinski definition) is 7. The summed E-state index contributed by atoms with van der Waals surface area (Å²) in [5.74, 6) is 0.0583. The highest BCUT2D eigenvalue weighted by molar-refractivity contribution is 5.75. The number of rotatable bonds is 6. The van der Waals surface area contributed by atoms with Gasteiger partial charge in [0.1, 0.15) is 0 Å². The third-order valence-corrected chi connectivity index (χ3v) is 3.58. The summed E-state index contributed by atoms with van der Waals surface area (Å²) in [6.07, 6.45) is 1.28. The summed E-state index contributed by atoms with van der Waals surface area (Å²) < 4.78 is 21.9. The van der Waals surface area contributed by atoms with Gasteiger partial charge in [-0.05, 0) is 13.0 Å². The molecule has 0 unspecified atom stereocenters. The van der Waals surface area contributed by atoms with Gasteiger partial charge in [0.25, 0.3) is 0 Å². The van der Waals surface area contributed by atoms with Crippen molar-refractivity contribution < 1.29 is 23.7 Å². The van der Waals surface area contributed by atoms with Crippen molar-refractivity contribution in [3.63, 3.8) is 0 Å². The van der Waals surface area contributed by atoms with Crippen LogP contribution in [0.4, 0.5) is 0 Å². The summed E-state index contributed by atoms with van der Waals surface area (Å²) in [4.78, 5) is 14.0. The van der Waals surface area contributed by atoms with Crippen LogP contribution >= 0.6 is 0 Å². The lowest BCUT2D eigenvalue weighted by atomic mass is 10.3.